The molecule has 0 aromatic heterocycles. The van der Waals surface area contributed by atoms with Crippen molar-refractivity contribution in [3.63, 3.8) is 0 Å². The Morgan fingerprint density at radius 3 is 2.27 bits per heavy atom. The van der Waals surface area contributed by atoms with Crippen molar-refractivity contribution in [1.29, 1.82) is 0 Å². The predicted molar refractivity (Wildman–Crippen MR) is 93.9 cm³/mol. The number of hydrogen-bond donors (Lipinski definition) is 1. The van der Waals surface area contributed by atoms with Crippen molar-refractivity contribution in [2.24, 2.45) is 0 Å². The molecule has 0 bridgehead atoms. The molecule has 0 saturated carbocycles. The highest BCUT2D eigenvalue weighted by Crippen LogP contribution is 2.23. The second-order valence-corrected chi connectivity index (χ2v) is 5.75. The van der Waals surface area contributed by atoms with Crippen LogP contribution in [-0.4, -0.2) is 23.7 Å². The maximum Gasteiger partial charge on any atom is 0.308 e. The van der Waals surface area contributed by atoms with Crippen LogP contribution >= 0.6 is 0 Å². The zero-order chi connectivity index (χ0) is 18.7. The van der Waals surface area contributed by atoms with Crippen molar-refractivity contribution >= 4 is 35.1 Å². The number of imide groups is 1. The minimum absolute atomic E-state index is 0.208. The Balaban J connectivity index is 1.71. The van der Waals surface area contributed by atoms with Gasteiger partial charge in [0.25, 0.3) is 5.91 Å². The molecule has 1 aliphatic heterocycles. The lowest BCUT2D eigenvalue weighted by molar-refractivity contribution is -0.132. The van der Waals surface area contributed by atoms with E-state index >= 15 is 0 Å². The molecule has 3 amide bonds. The normalized spacial score (nSPS) is 13.7. The summed E-state index contributed by atoms with van der Waals surface area (Å²) in [7, 11) is 0. The summed E-state index contributed by atoms with van der Waals surface area (Å²) in [6.45, 7) is 1.29. The van der Waals surface area contributed by atoms with Gasteiger partial charge in [-0.05, 0) is 36.4 Å². The third kappa shape index (κ3) is 3.77. The Kier molecular flexibility index (Phi) is 4.79. The maximum absolute atomic E-state index is 12.3. The van der Waals surface area contributed by atoms with E-state index in [0.717, 1.165) is 4.90 Å². The number of hydrogen-bond acceptors (Lipinski definition) is 5. The number of carbonyl (C=O) groups excluding carboxylic acids is 4. The first-order valence-electron chi connectivity index (χ1n) is 8.00. The van der Waals surface area contributed by atoms with Crippen LogP contribution < -0.4 is 15.0 Å². The molecule has 0 unspecified atom stereocenters. The summed E-state index contributed by atoms with van der Waals surface area (Å²) < 4.78 is 4.98. The van der Waals surface area contributed by atoms with Gasteiger partial charge in [-0.15, -0.1) is 0 Å². The lowest BCUT2D eigenvalue weighted by Gasteiger charge is -2.14. The minimum atomic E-state index is -0.449. The summed E-state index contributed by atoms with van der Waals surface area (Å²) in [5.41, 5.74) is 1.29. The molecule has 7 nitrogen and oxygen atoms in total. The Bertz CT molecular complexity index is 873. The highest BCUT2D eigenvalue weighted by atomic mass is 16.5. The molecule has 26 heavy (non-hydrogen) atoms. The van der Waals surface area contributed by atoms with Crippen LogP contribution in [0.4, 0.5) is 11.4 Å². The van der Waals surface area contributed by atoms with Crippen LogP contribution in [0.3, 0.4) is 0 Å². The molecule has 0 aliphatic carbocycles. The molecule has 1 N–H and O–H groups in total. The van der Waals surface area contributed by atoms with E-state index in [0.29, 0.717) is 22.7 Å². The number of nitrogens with zero attached hydrogens (tertiary/aromatic N) is 1. The summed E-state index contributed by atoms with van der Waals surface area (Å²) in [5, 5.41) is 2.70. The maximum atomic E-state index is 12.3. The van der Waals surface area contributed by atoms with E-state index in [9.17, 15) is 19.2 Å². The molecule has 0 atom stereocenters. The van der Waals surface area contributed by atoms with E-state index in [-0.39, 0.29) is 30.6 Å². The molecular formula is C19H16N2O5. The summed E-state index contributed by atoms with van der Waals surface area (Å²) in [6, 6.07) is 12.7. The fourth-order valence-corrected chi connectivity index (χ4v) is 2.63. The molecule has 0 spiro atoms. The highest BCUT2D eigenvalue weighted by molar-refractivity contribution is 6.20. The van der Waals surface area contributed by atoms with Gasteiger partial charge < -0.3 is 10.1 Å². The average Bonchev–Trinajstić information content (AvgIpc) is 2.93. The van der Waals surface area contributed by atoms with Crippen LogP contribution in [0.25, 0.3) is 0 Å². The van der Waals surface area contributed by atoms with Gasteiger partial charge in [0.2, 0.25) is 11.8 Å². The average molecular weight is 352 g/mol. The second-order valence-electron chi connectivity index (χ2n) is 5.75. The Hall–Kier alpha value is -3.48. The molecule has 1 heterocycles. The van der Waals surface area contributed by atoms with Gasteiger partial charge in [-0.3, -0.25) is 24.1 Å². The van der Waals surface area contributed by atoms with Crippen molar-refractivity contribution in [2.45, 2.75) is 19.8 Å². The topological polar surface area (TPSA) is 92.8 Å². The molecule has 3 rings (SSSR count). The van der Waals surface area contributed by atoms with Crippen LogP contribution in [0.5, 0.6) is 5.75 Å². The number of nitrogens with one attached hydrogen (secondary N) is 1. The largest absolute Gasteiger partial charge is 0.427 e. The number of anilines is 2. The van der Waals surface area contributed by atoms with Crippen molar-refractivity contribution in [3.8, 4) is 5.75 Å². The Morgan fingerprint density at radius 1 is 1.00 bits per heavy atom. The quantitative estimate of drug-likeness (QED) is 0.518. The molecular weight excluding hydrogens is 336 g/mol. The van der Waals surface area contributed by atoms with E-state index in [1.165, 1.54) is 13.0 Å². The van der Waals surface area contributed by atoms with Gasteiger partial charge in [-0.1, -0.05) is 6.07 Å². The van der Waals surface area contributed by atoms with Crippen molar-refractivity contribution in [1.82, 2.24) is 0 Å². The van der Waals surface area contributed by atoms with E-state index in [1.807, 2.05) is 0 Å². The number of esters is 1. The standard InChI is InChI=1S/C19H16N2O5/c1-12(22)26-16-4-2-3-14(11-16)20-19(25)13-5-7-15(8-6-13)21-17(23)9-10-18(21)24/h2-8,11H,9-10H2,1H3,(H,20,25). The van der Waals surface area contributed by atoms with Gasteiger partial charge in [0.05, 0.1) is 5.69 Å². The van der Waals surface area contributed by atoms with Crippen LogP contribution in [0.1, 0.15) is 30.1 Å². The molecule has 132 valence electrons. The lowest BCUT2D eigenvalue weighted by atomic mass is 10.1. The lowest BCUT2D eigenvalue weighted by Crippen LogP contribution is -2.28. The number of benzene rings is 2. The minimum Gasteiger partial charge on any atom is -0.427 e. The monoisotopic (exact) mass is 352 g/mol. The van der Waals surface area contributed by atoms with Gasteiger partial charge in [-0.25, -0.2) is 0 Å². The van der Waals surface area contributed by atoms with Crippen molar-refractivity contribution < 1.29 is 23.9 Å². The molecule has 2 aromatic carbocycles. The zero-order valence-corrected chi connectivity index (χ0v) is 14.0. The summed E-state index contributed by atoms with van der Waals surface area (Å²) >= 11 is 0. The number of carbonyl (C=O) groups is 4. The van der Waals surface area contributed by atoms with E-state index < -0.39 is 5.97 Å². The summed E-state index contributed by atoms with van der Waals surface area (Å²) in [5.74, 6) is -0.966. The molecule has 1 aliphatic rings. The van der Waals surface area contributed by atoms with Gasteiger partial charge in [0.1, 0.15) is 5.75 Å². The van der Waals surface area contributed by atoms with Crippen LogP contribution in [0.2, 0.25) is 0 Å². The van der Waals surface area contributed by atoms with Crippen LogP contribution in [0, 0.1) is 0 Å². The van der Waals surface area contributed by atoms with Crippen LogP contribution in [0.15, 0.2) is 48.5 Å². The fourth-order valence-electron chi connectivity index (χ4n) is 2.63. The summed E-state index contributed by atoms with van der Waals surface area (Å²) in [4.78, 5) is 48.0. The van der Waals surface area contributed by atoms with Crippen molar-refractivity contribution in [2.75, 3.05) is 10.2 Å². The third-order valence-electron chi connectivity index (χ3n) is 3.79. The molecule has 2 aromatic rings. The third-order valence-corrected chi connectivity index (χ3v) is 3.79. The van der Waals surface area contributed by atoms with Crippen molar-refractivity contribution in [3.05, 3.63) is 54.1 Å². The number of amides is 3. The molecule has 1 fully saturated rings. The number of ether oxygens (including phenoxy) is 1. The molecule has 1 saturated heterocycles. The van der Waals surface area contributed by atoms with Gasteiger partial charge in [0.15, 0.2) is 0 Å². The predicted octanol–water partition coefficient (Wildman–Crippen LogP) is 2.52. The van der Waals surface area contributed by atoms with E-state index in [4.69, 9.17) is 4.74 Å². The first-order chi connectivity index (χ1) is 12.4. The molecule has 7 heteroatoms. The van der Waals surface area contributed by atoms with E-state index in [1.54, 1.807) is 42.5 Å². The first-order valence-corrected chi connectivity index (χ1v) is 8.00. The van der Waals surface area contributed by atoms with Gasteiger partial charge in [-0.2, -0.15) is 0 Å². The van der Waals surface area contributed by atoms with Gasteiger partial charge >= 0.3 is 5.97 Å². The SMILES string of the molecule is CC(=O)Oc1cccc(NC(=O)c2ccc(N3C(=O)CCC3=O)cc2)c1. The Morgan fingerprint density at radius 2 is 1.65 bits per heavy atom. The number of rotatable bonds is 4. The second kappa shape index (κ2) is 7.18. The molecule has 0 radical (unpaired) electrons. The smallest absolute Gasteiger partial charge is 0.308 e. The van der Waals surface area contributed by atoms with Gasteiger partial charge in [0, 0.05) is 37.1 Å². The van der Waals surface area contributed by atoms with Crippen LogP contribution in [-0.2, 0) is 14.4 Å². The highest BCUT2D eigenvalue weighted by Gasteiger charge is 2.30. The first kappa shape index (κ1) is 17.3. The summed E-state index contributed by atoms with van der Waals surface area (Å²) in [6.07, 6.45) is 0.416. The van der Waals surface area contributed by atoms with E-state index in [2.05, 4.69) is 5.32 Å². The fraction of sp³-hybridized carbons (Fsp3) is 0.158. The zero-order valence-electron chi connectivity index (χ0n) is 14.0. The Labute approximate surface area is 149 Å².